The quantitative estimate of drug-likeness (QED) is 0.302. The number of aryl methyl sites for hydroxylation is 1. The van der Waals surface area contributed by atoms with Crippen molar-refractivity contribution in [3.05, 3.63) is 41.5 Å². The van der Waals surface area contributed by atoms with E-state index >= 15 is 0 Å². The summed E-state index contributed by atoms with van der Waals surface area (Å²) in [5.41, 5.74) is 0.428. The number of carbonyl (C=O) groups is 3. The van der Waals surface area contributed by atoms with Crippen LogP contribution < -0.4 is 0 Å². The minimum Gasteiger partial charge on any atom is -0.468 e. The predicted octanol–water partition coefficient (Wildman–Crippen LogP) is 2.69. The molecule has 0 spiro atoms. The van der Waals surface area contributed by atoms with Crippen molar-refractivity contribution in [1.29, 1.82) is 0 Å². The maximum Gasteiger partial charge on any atom is 0.320 e. The fourth-order valence-corrected chi connectivity index (χ4v) is 3.23. The standard InChI is InChI=1S/C18H21NO6S/c1-11-5-7-14(25-11)16(20)13-6-8-15(26-4)19(13)10-9-12(17(21)23-2)18(22)24-3/h5-8,12H,9-10H2,1-4H3. The highest BCUT2D eigenvalue weighted by atomic mass is 32.2. The Morgan fingerprint density at radius 3 is 2.27 bits per heavy atom. The van der Waals surface area contributed by atoms with Crippen LogP contribution in [0.1, 0.15) is 28.4 Å². The smallest absolute Gasteiger partial charge is 0.320 e. The van der Waals surface area contributed by atoms with Crippen molar-refractivity contribution in [3.8, 4) is 0 Å². The number of thioether (sulfide) groups is 1. The van der Waals surface area contributed by atoms with Gasteiger partial charge in [0, 0.05) is 6.54 Å². The summed E-state index contributed by atoms with van der Waals surface area (Å²) in [6, 6.07) is 6.87. The summed E-state index contributed by atoms with van der Waals surface area (Å²) in [6.45, 7) is 2.04. The molecule has 0 aliphatic heterocycles. The van der Waals surface area contributed by atoms with Gasteiger partial charge in [0.2, 0.25) is 5.78 Å². The number of aromatic nitrogens is 1. The Balaban J connectivity index is 2.28. The van der Waals surface area contributed by atoms with Crippen molar-refractivity contribution in [2.24, 2.45) is 5.92 Å². The van der Waals surface area contributed by atoms with Crippen LogP contribution in [-0.2, 0) is 25.6 Å². The molecule has 0 amide bonds. The number of carbonyl (C=O) groups excluding carboxylic acids is 3. The lowest BCUT2D eigenvalue weighted by Crippen LogP contribution is -2.28. The van der Waals surface area contributed by atoms with E-state index in [0.29, 0.717) is 11.5 Å². The third kappa shape index (κ3) is 4.19. The van der Waals surface area contributed by atoms with Gasteiger partial charge in [0.05, 0.1) is 24.9 Å². The molecule has 140 valence electrons. The van der Waals surface area contributed by atoms with Crippen LogP contribution in [0.15, 0.2) is 33.7 Å². The van der Waals surface area contributed by atoms with Gasteiger partial charge in [0.1, 0.15) is 5.76 Å². The van der Waals surface area contributed by atoms with Gasteiger partial charge in [-0.25, -0.2) is 0 Å². The Bertz CT molecular complexity index is 790. The number of ketones is 1. The van der Waals surface area contributed by atoms with Crippen LogP contribution in [-0.4, -0.2) is 42.8 Å². The molecular weight excluding hydrogens is 358 g/mol. The lowest BCUT2D eigenvalue weighted by atomic mass is 10.1. The summed E-state index contributed by atoms with van der Waals surface area (Å²) >= 11 is 1.46. The van der Waals surface area contributed by atoms with Crippen LogP contribution in [0.5, 0.6) is 0 Å². The van der Waals surface area contributed by atoms with Gasteiger partial charge >= 0.3 is 11.9 Å². The van der Waals surface area contributed by atoms with Gasteiger partial charge in [-0.3, -0.25) is 14.4 Å². The molecule has 2 aromatic heterocycles. The van der Waals surface area contributed by atoms with Crippen LogP contribution in [0.25, 0.3) is 0 Å². The Kier molecular flexibility index (Phi) is 6.68. The normalized spacial score (nSPS) is 10.8. The van der Waals surface area contributed by atoms with E-state index in [4.69, 9.17) is 4.42 Å². The Labute approximate surface area is 155 Å². The van der Waals surface area contributed by atoms with Gasteiger partial charge in [-0.2, -0.15) is 0 Å². The molecule has 0 saturated heterocycles. The molecule has 0 N–H and O–H groups in total. The third-order valence-electron chi connectivity index (χ3n) is 3.96. The zero-order valence-electron chi connectivity index (χ0n) is 15.1. The molecule has 2 heterocycles. The molecule has 2 rings (SSSR count). The van der Waals surface area contributed by atoms with Gasteiger partial charge in [0.15, 0.2) is 11.7 Å². The van der Waals surface area contributed by atoms with Gasteiger partial charge in [-0.1, -0.05) is 0 Å². The number of nitrogens with zero attached hydrogens (tertiary/aromatic N) is 1. The molecule has 0 bridgehead atoms. The molecule has 0 aliphatic rings. The number of furan rings is 1. The molecular formula is C18H21NO6S. The number of hydrogen-bond donors (Lipinski definition) is 0. The van der Waals surface area contributed by atoms with Crippen molar-refractivity contribution in [3.63, 3.8) is 0 Å². The molecule has 2 aromatic rings. The van der Waals surface area contributed by atoms with Gasteiger partial charge in [-0.15, -0.1) is 11.8 Å². The molecule has 26 heavy (non-hydrogen) atoms. The average molecular weight is 379 g/mol. The van der Waals surface area contributed by atoms with Gasteiger partial charge < -0.3 is 18.5 Å². The van der Waals surface area contributed by atoms with Crippen LogP contribution in [0.2, 0.25) is 0 Å². The van der Waals surface area contributed by atoms with Crippen LogP contribution in [0.4, 0.5) is 0 Å². The minimum atomic E-state index is -1.05. The second-order valence-corrected chi connectivity index (χ2v) is 6.37. The van der Waals surface area contributed by atoms with E-state index in [1.807, 2.05) is 12.3 Å². The maximum atomic E-state index is 12.7. The van der Waals surface area contributed by atoms with Crippen LogP contribution in [0, 0.1) is 12.8 Å². The summed E-state index contributed by atoms with van der Waals surface area (Å²) in [6.07, 6.45) is 2.04. The van der Waals surface area contributed by atoms with Gasteiger partial charge in [0.25, 0.3) is 0 Å². The highest BCUT2D eigenvalue weighted by Gasteiger charge is 2.29. The summed E-state index contributed by atoms with van der Waals surface area (Å²) in [4.78, 5) is 36.4. The largest absolute Gasteiger partial charge is 0.468 e. The lowest BCUT2D eigenvalue weighted by molar-refractivity contribution is -0.159. The highest BCUT2D eigenvalue weighted by Crippen LogP contribution is 2.24. The second kappa shape index (κ2) is 8.75. The first-order chi connectivity index (χ1) is 12.4. The van der Waals surface area contributed by atoms with E-state index in [9.17, 15) is 14.4 Å². The Morgan fingerprint density at radius 1 is 1.12 bits per heavy atom. The third-order valence-corrected chi connectivity index (χ3v) is 4.73. The van der Waals surface area contributed by atoms with Crippen molar-refractivity contribution in [2.45, 2.75) is 24.9 Å². The number of methoxy groups -OCH3 is 2. The first-order valence-electron chi connectivity index (χ1n) is 7.93. The molecule has 0 saturated carbocycles. The van der Waals surface area contributed by atoms with Crippen molar-refractivity contribution < 1.29 is 28.3 Å². The van der Waals surface area contributed by atoms with Crippen molar-refractivity contribution in [2.75, 3.05) is 20.5 Å². The van der Waals surface area contributed by atoms with Gasteiger partial charge in [-0.05, 0) is 43.9 Å². The average Bonchev–Trinajstić information content (AvgIpc) is 3.26. The van der Waals surface area contributed by atoms with E-state index in [0.717, 1.165) is 5.03 Å². The molecule has 0 fully saturated rings. The predicted molar refractivity (Wildman–Crippen MR) is 95.2 cm³/mol. The lowest BCUT2D eigenvalue weighted by Gasteiger charge is -2.15. The van der Waals surface area contributed by atoms with E-state index < -0.39 is 17.9 Å². The molecule has 7 nitrogen and oxygen atoms in total. The first-order valence-corrected chi connectivity index (χ1v) is 9.15. The summed E-state index contributed by atoms with van der Waals surface area (Å²) in [5, 5.41) is 0.838. The second-order valence-electron chi connectivity index (χ2n) is 5.54. The van der Waals surface area contributed by atoms with Crippen LogP contribution in [0.3, 0.4) is 0 Å². The SMILES string of the molecule is COC(=O)C(CCn1c(SC)ccc1C(=O)c1ccc(C)o1)C(=O)OC. The van der Waals surface area contributed by atoms with E-state index in [1.165, 1.54) is 26.0 Å². The van der Waals surface area contributed by atoms with Crippen molar-refractivity contribution >= 4 is 29.5 Å². The summed E-state index contributed by atoms with van der Waals surface area (Å²) in [5.74, 6) is -1.74. The van der Waals surface area contributed by atoms with E-state index in [-0.39, 0.29) is 24.5 Å². The maximum absolute atomic E-state index is 12.7. The molecule has 0 aromatic carbocycles. The Morgan fingerprint density at radius 2 is 1.77 bits per heavy atom. The van der Waals surface area contributed by atoms with Crippen molar-refractivity contribution in [1.82, 2.24) is 4.57 Å². The van der Waals surface area contributed by atoms with E-state index in [1.54, 1.807) is 29.7 Å². The topological polar surface area (TPSA) is 87.7 Å². The van der Waals surface area contributed by atoms with Crippen LogP contribution >= 0.6 is 11.8 Å². The first kappa shape index (κ1) is 19.8. The van der Waals surface area contributed by atoms with E-state index in [2.05, 4.69) is 9.47 Å². The fourth-order valence-electron chi connectivity index (χ4n) is 2.61. The zero-order valence-corrected chi connectivity index (χ0v) is 15.9. The molecule has 0 atom stereocenters. The fraction of sp³-hybridized carbons (Fsp3) is 0.389. The number of rotatable bonds is 8. The zero-order chi connectivity index (χ0) is 19.3. The number of hydrogen-bond acceptors (Lipinski definition) is 7. The Hall–Kier alpha value is -2.48. The molecule has 0 aliphatic carbocycles. The molecule has 0 unspecified atom stereocenters. The number of esters is 2. The monoisotopic (exact) mass is 379 g/mol. The number of ether oxygens (including phenoxy) is 2. The molecule has 0 radical (unpaired) electrons. The summed E-state index contributed by atoms with van der Waals surface area (Å²) < 4.78 is 16.5. The minimum absolute atomic E-state index is 0.152. The summed E-state index contributed by atoms with van der Waals surface area (Å²) in [7, 11) is 2.44. The highest BCUT2D eigenvalue weighted by molar-refractivity contribution is 7.98. The molecule has 8 heteroatoms.